The van der Waals surface area contributed by atoms with Gasteiger partial charge in [-0.1, -0.05) is 26.2 Å². The molecule has 23 heavy (non-hydrogen) atoms. The Morgan fingerprint density at radius 1 is 1.22 bits per heavy atom. The van der Waals surface area contributed by atoms with E-state index in [-0.39, 0.29) is 5.91 Å². The number of hydrogen-bond acceptors (Lipinski definition) is 6. The minimum atomic E-state index is 0.189. The Balaban J connectivity index is 1.40. The molecule has 0 unspecified atom stereocenters. The van der Waals surface area contributed by atoms with Crippen molar-refractivity contribution in [3.63, 3.8) is 0 Å². The smallest absolute Gasteiger partial charge is 0.234 e. The quantitative estimate of drug-likeness (QED) is 0.886. The van der Waals surface area contributed by atoms with Gasteiger partial charge in [0.1, 0.15) is 5.82 Å². The van der Waals surface area contributed by atoms with Gasteiger partial charge in [-0.25, -0.2) is 4.98 Å². The SMILES string of the molecule is CCc1nsc(N2CCN(CC(=O)NC3CCCCC3)CC2)n1. The normalized spacial score (nSPS) is 20.7. The number of amides is 1. The summed E-state index contributed by atoms with van der Waals surface area (Å²) in [7, 11) is 0. The Hall–Kier alpha value is -1.21. The molecule has 0 spiro atoms. The summed E-state index contributed by atoms with van der Waals surface area (Å²) in [4.78, 5) is 21.3. The lowest BCUT2D eigenvalue weighted by Crippen LogP contribution is -2.50. The predicted molar refractivity (Wildman–Crippen MR) is 93.0 cm³/mol. The van der Waals surface area contributed by atoms with Crippen LogP contribution in [0.5, 0.6) is 0 Å². The summed E-state index contributed by atoms with van der Waals surface area (Å²) in [6.45, 7) is 6.29. The van der Waals surface area contributed by atoms with Gasteiger partial charge in [-0.3, -0.25) is 9.69 Å². The summed E-state index contributed by atoms with van der Waals surface area (Å²) >= 11 is 1.49. The van der Waals surface area contributed by atoms with Crippen LogP contribution >= 0.6 is 11.5 Å². The van der Waals surface area contributed by atoms with Crippen LogP contribution in [0.15, 0.2) is 0 Å². The fraction of sp³-hybridized carbons (Fsp3) is 0.812. The van der Waals surface area contributed by atoms with Crippen LogP contribution in [0.25, 0.3) is 0 Å². The molecule has 7 heteroatoms. The van der Waals surface area contributed by atoms with E-state index in [0.717, 1.165) is 56.4 Å². The van der Waals surface area contributed by atoms with Crippen molar-refractivity contribution in [2.24, 2.45) is 0 Å². The molecule has 1 amide bonds. The van der Waals surface area contributed by atoms with Gasteiger partial charge in [-0.15, -0.1) is 0 Å². The molecule has 1 aromatic heterocycles. The first kappa shape index (κ1) is 16.6. The van der Waals surface area contributed by atoms with E-state index in [1.807, 2.05) is 0 Å². The molecular formula is C16H27N5OS. The Bertz CT molecular complexity index is 506. The van der Waals surface area contributed by atoms with Crippen LogP contribution in [0, 0.1) is 0 Å². The largest absolute Gasteiger partial charge is 0.352 e. The molecule has 1 aromatic rings. The van der Waals surface area contributed by atoms with E-state index in [1.54, 1.807) is 0 Å². The molecule has 0 radical (unpaired) electrons. The molecule has 1 aliphatic heterocycles. The van der Waals surface area contributed by atoms with E-state index < -0.39 is 0 Å². The number of carbonyl (C=O) groups is 1. The lowest BCUT2D eigenvalue weighted by Gasteiger charge is -2.34. The van der Waals surface area contributed by atoms with Gasteiger partial charge in [0.25, 0.3) is 0 Å². The fourth-order valence-corrected chi connectivity index (χ4v) is 4.14. The summed E-state index contributed by atoms with van der Waals surface area (Å²) < 4.78 is 4.35. The number of aromatic nitrogens is 2. The molecule has 1 N–H and O–H groups in total. The van der Waals surface area contributed by atoms with Crippen molar-refractivity contribution in [1.82, 2.24) is 19.6 Å². The summed E-state index contributed by atoms with van der Waals surface area (Å²) in [6, 6.07) is 0.409. The maximum atomic E-state index is 12.2. The number of piperazine rings is 1. The molecule has 0 atom stereocenters. The van der Waals surface area contributed by atoms with E-state index in [9.17, 15) is 4.79 Å². The van der Waals surface area contributed by atoms with Crippen LogP contribution in [0.4, 0.5) is 5.13 Å². The van der Waals surface area contributed by atoms with Crippen LogP contribution < -0.4 is 10.2 Å². The van der Waals surface area contributed by atoms with Crippen LogP contribution in [0.1, 0.15) is 44.9 Å². The summed E-state index contributed by atoms with van der Waals surface area (Å²) in [6.07, 6.45) is 7.01. The number of carbonyl (C=O) groups excluding carboxylic acids is 1. The van der Waals surface area contributed by atoms with Gasteiger partial charge in [0.05, 0.1) is 6.54 Å². The van der Waals surface area contributed by atoms with Crippen LogP contribution in [0.3, 0.4) is 0 Å². The van der Waals surface area contributed by atoms with Crippen LogP contribution in [0.2, 0.25) is 0 Å². The first-order valence-electron chi connectivity index (χ1n) is 8.84. The molecule has 1 saturated heterocycles. The standard InChI is InChI=1S/C16H27N5OS/c1-2-14-18-16(23-19-14)21-10-8-20(9-11-21)12-15(22)17-13-6-4-3-5-7-13/h13H,2-12H2,1H3,(H,17,22). The molecule has 2 fully saturated rings. The molecule has 6 nitrogen and oxygen atoms in total. The van der Waals surface area contributed by atoms with Crippen molar-refractivity contribution >= 4 is 22.6 Å². The van der Waals surface area contributed by atoms with Gasteiger partial charge < -0.3 is 10.2 Å². The van der Waals surface area contributed by atoms with Gasteiger partial charge in [-0.2, -0.15) is 4.37 Å². The lowest BCUT2D eigenvalue weighted by atomic mass is 9.95. The second kappa shape index (κ2) is 8.06. The van der Waals surface area contributed by atoms with Crippen LogP contribution in [-0.4, -0.2) is 58.9 Å². The highest BCUT2D eigenvalue weighted by molar-refractivity contribution is 7.09. The van der Waals surface area contributed by atoms with E-state index in [1.165, 1.54) is 30.8 Å². The van der Waals surface area contributed by atoms with Gasteiger partial charge in [0.15, 0.2) is 0 Å². The highest BCUT2D eigenvalue weighted by Crippen LogP contribution is 2.19. The number of nitrogens with one attached hydrogen (secondary N) is 1. The molecular weight excluding hydrogens is 310 g/mol. The van der Waals surface area contributed by atoms with Crippen LogP contribution in [-0.2, 0) is 11.2 Å². The van der Waals surface area contributed by atoms with Crippen molar-refractivity contribution in [2.45, 2.75) is 51.5 Å². The number of aryl methyl sites for hydroxylation is 1. The summed E-state index contributed by atoms with van der Waals surface area (Å²) in [5.74, 6) is 1.12. The molecule has 2 heterocycles. The van der Waals surface area contributed by atoms with Gasteiger partial charge >= 0.3 is 0 Å². The molecule has 0 bridgehead atoms. The Labute approximate surface area is 142 Å². The van der Waals surface area contributed by atoms with Gasteiger partial charge in [-0.05, 0) is 12.8 Å². The molecule has 128 valence electrons. The molecule has 1 aliphatic carbocycles. The zero-order valence-electron chi connectivity index (χ0n) is 14.0. The van der Waals surface area contributed by atoms with E-state index in [4.69, 9.17) is 0 Å². The monoisotopic (exact) mass is 337 g/mol. The minimum Gasteiger partial charge on any atom is -0.352 e. The maximum absolute atomic E-state index is 12.2. The number of hydrogen-bond donors (Lipinski definition) is 1. The zero-order valence-corrected chi connectivity index (χ0v) is 14.8. The highest BCUT2D eigenvalue weighted by Gasteiger charge is 2.22. The average Bonchev–Trinajstić information content (AvgIpc) is 3.05. The Morgan fingerprint density at radius 3 is 2.61 bits per heavy atom. The molecule has 1 saturated carbocycles. The Kier molecular flexibility index (Phi) is 5.83. The van der Waals surface area contributed by atoms with Crippen molar-refractivity contribution in [1.29, 1.82) is 0 Å². The first-order chi connectivity index (χ1) is 11.2. The molecule has 3 rings (SSSR count). The average molecular weight is 337 g/mol. The second-order valence-corrected chi connectivity index (χ2v) is 7.24. The first-order valence-corrected chi connectivity index (χ1v) is 9.61. The zero-order chi connectivity index (χ0) is 16.1. The maximum Gasteiger partial charge on any atom is 0.234 e. The van der Waals surface area contributed by atoms with Crippen molar-refractivity contribution in [3.05, 3.63) is 5.82 Å². The molecule has 2 aliphatic rings. The lowest BCUT2D eigenvalue weighted by molar-refractivity contribution is -0.123. The van der Waals surface area contributed by atoms with Crippen molar-refractivity contribution < 1.29 is 4.79 Å². The summed E-state index contributed by atoms with van der Waals surface area (Å²) in [5.41, 5.74) is 0. The highest BCUT2D eigenvalue weighted by atomic mass is 32.1. The van der Waals surface area contributed by atoms with Crippen molar-refractivity contribution in [3.8, 4) is 0 Å². The van der Waals surface area contributed by atoms with E-state index in [2.05, 4.69) is 31.4 Å². The fourth-order valence-electron chi connectivity index (χ4n) is 3.34. The minimum absolute atomic E-state index is 0.189. The topological polar surface area (TPSA) is 61.4 Å². The predicted octanol–water partition coefficient (Wildman–Crippen LogP) is 1.67. The number of anilines is 1. The van der Waals surface area contributed by atoms with Crippen molar-refractivity contribution in [2.75, 3.05) is 37.6 Å². The number of nitrogens with zero attached hydrogens (tertiary/aromatic N) is 4. The van der Waals surface area contributed by atoms with Gasteiger partial charge in [0.2, 0.25) is 11.0 Å². The number of rotatable bonds is 5. The molecule has 0 aromatic carbocycles. The van der Waals surface area contributed by atoms with E-state index in [0.29, 0.717) is 12.6 Å². The van der Waals surface area contributed by atoms with Gasteiger partial charge in [0, 0.05) is 50.2 Å². The third-order valence-corrected chi connectivity index (χ3v) is 5.57. The van der Waals surface area contributed by atoms with E-state index >= 15 is 0 Å². The summed E-state index contributed by atoms with van der Waals surface area (Å²) in [5, 5.41) is 4.23. The third kappa shape index (κ3) is 4.64. The Morgan fingerprint density at radius 2 is 1.96 bits per heavy atom. The second-order valence-electron chi connectivity index (χ2n) is 6.51. The third-order valence-electron chi connectivity index (χ3n) is 4.75.